The molecule has 1 aromatic heterocycles. The van der Waals surface area contributed by atoms with Crippen molar-refractivity contribution >= 4 is 28.3 Å². The number of aliphatic hydroxyl groups is 2. The average Bonchev–Trinajstić information content (AvgIpc) is 3.34. The van der Waals surface area contributed by atoms with Crippen LogP contribution >= 0.6 is 11.3 Å². The van der Waals surface area contributed by atoms with Gasteiger partial charge in [-0.1, -0.05) is 53.8 Å². The third-order valence-corrected chi connectivity index (χ3v) is 7.43. The molecule has 0 spiro atoms. The maximum absolute atomic E-state index is 12.7. The number of carbonyl (C=O) groups excluding carboxylic acids is 2. The van der Waals surface area contributed by atoms with E-state index in [4.69, 9.17) is 5.11 Å². The first-order chi connectivity index (χ1) is 17.5. The highest BCUT2D eigenvalue weighted by Crippen LogP contribution is 2.37. The minimum absolute atomic E-state index is 0.0797. The fourth-order valence-corrected chi connectivity index (χ4v) is 5.32. The Balaban J connectivity index is 1.23. The molecule has 1 heterocycles. The average molecular weight is 509 g/mol. The minimum atomic E-state index is -0.912. The molecule has 2 aromatic carbocycles. The van der Waals surface area contributed by atoms with Crippen LogP contribution in [-0.2, 0) is 11.2 Å². The van der Waals surface area contributed by atoms with Gasteiger partial charge in [-0.05, 0) is 60.8 Å². The van der Waals surface area contributed by atoms with Gasteiger partial charge < -0.3 is 15.5 Å². The topological polar surface area (TPSA) is 124 Å². The van der Waals surface area contributed by atoms with Gasteiger partial charge in [-0.2, -0.15) is 0 Å². The second-order valence-electron chi connectivity index (χ2n) is 9.30. The molecule has 36 heavy (non-hydrogen) atoms. The van der Waals surface area contributed by atoms with Crippen LogP contribution in [0.25, 0.3) is 0 Å². The first-order valence-corrected chi connectivity index (χ1v) is 13.1. The van der Waals surface area contributed by atoms with Crippen molar-refractivity contribution in [1.82, 2.24) is 15.5 Å². The van der Waals surface area contributed by atoms with Gasteiger partial charge in [0.2, 0.25) is 11.0 Å². The van der Waals surface area contributed by atoms with Crippen LogP contribution < -0.4 is 10.6 Å². The van der Waals surface area contributed by atoms with Crippen molar-refractivity contribution in [2.24, 2.45) is 5.92 Å². The monoisotopic (exact) mass is 508 g/mol. The fourth-order valence-electron chi connectivity index (χ4n) is 4.55. The van der Waals surface area contributed by atoms with Crippen LogP contribution in [0.4, 0.5) is 5.13 Å². The zero-order chi connectivity index (χ0) is 25.3. The summed E-state index contributed by atoms with van der Waals surface area (Å²) in [4.78, 5) is 24.7. The van der Waals surface area contributed by atoms with E-state index < -0.39 is 6.10 Å². The molecule has 3 aromatic rings. The van der Waals surface area contributed by atoms with Gasteiger partial charge in [0.15, 0.2) is 0 Å². The van der Waals surface area contributed by atoms with E-state index in [1.807, 2.05) is 54.6 Å². The molecule has 4 N–H and O–H groups in total. The van der Waals surface area contributed by atoms with Crippen LogP contribution in [0.2, 0.25) is 0 Å². The highest BCUT2D eigenvalue weighted by atomic mass is 32.1. The van der Waals surface area contributed by atoms with Crippen molar-refractivity contribution < 1.29 is 19.8 Å². The first kappa shape index (κ1) is 25.9. The number of aromatic nitrogens is 2. The lowest BCUT2D eigenvalue weighted by Gasteiger charge is -2.28. The highest BCUT2D eigenvalue weighted by molar-refractivity contribution is 7.15. The molecule has 9 heteroatoms. The Morgan fingerprint density at radius 1 is 1.00 bits per heavy atom. The summed E-state index contributed by atoms with van der Waals surface area (Å²) in [5.41, 5.74) is 2.94. The van der Waals surface area contributed by atoms with Crippen LogP contribution in [0.3, 0.4) is 0 Å². The van der Waals surface area contributed by atoms with Crippen molar-refractivity contribution in [1.29, 1.82) is 0 Å². The van der Waals surface area contributed by atoms with Crippen LogP contribution in [0.15, 0.2) is 54.6 Å². The molecule has 0 aliphatic heterocycles. The summed E-state index contributed by atoms with van der Waals surface area (Å²) < 4.78 is 0. The summed E-state index contributed by atoms with van der Waals surface area (Å²) in [5.74, 6) is 0.464. The summed E-state index contributed by atoms with van der Waals surface area (Å²) in [5, 5.41) is 33.3. The van der Waals surface area contributed by atoms with E-state index in [0.717, 1.165) is 36.3 Å². The van der Waals surface area contributed by atoms with E-state index in [1.54, 1.807) is 0 Å². The van der Waals surface area contributed by atoms with Gasteiger partial charge in [-0.15, -0.1) is 10.2 Å². The Morgan fingerprint density at radius 3 is 2.42 bits per heavy atom. The molecule has 2 amide bonds. The summed E-state index contributed by atoms with van der Waals surface area (Å²) in [6, 6.07) is 17.8. The van der Waals surface area contributed by atoms with Gasteiger partial charge in [0.1, 0.15) is 5.01 Å². The zero-order valence-electron chi connectivity index (χ0n) is 20.1. The van der Waals surface area contributed by atoms with Crippen molar-refractivity contribution in [2.75, 3.05) is 18.5 Å². The van der Waals surface area contributed by atoms with Gasteiger partial charge in [0, 0.05) is 24.9 Å². The molecule has 0 radical (unpaired) electrons. The lowest BCUT2D eigenvalue weighted by molar-refractivity contribution is -0.122. The highest BCUT2D eigenvalue weighted by Gasteiger charge is 2.24. The van der Waals surface area contributed by atoms with Gasteiger partial charge in [-0.25, -0.2) is 0 Å². The zero-order valence-corrected chi connectivity index (χ0v) is 20.9. The Morgan fingerprint density at radius 2 is 1.72 bits per heavy atom. The van der Waals surface area contributed by atoms with Crippen LogP contribution in [-0.4, -0.2) is 51.5 Å². The molecule has 0 bridgehead atoms. The van der Waals surface area contributed by atoms with Crippen molar-refractivity contribution in [3.63, 3.8) is 0 Å². The van der Waals surface area contributed by atoms with E-state index >= 15 is 0 Å². The lowest BCUT2D eigenvalue weighted by atomic mass is 9.77. The molecule has 8 nitrogen and oxygen atoms in total. The maximum atomic E-state index is 12.7. The van der Waals surface area contributed by atoms with Gasteiger partial charge in [0.05, 0.1) is 12.7 Å². The van der Waals surface area contributed by atoms with Crippen molar-refractivity contribution in [3.05, 3.63) is 76.3 Å². The predicted molar refractivity (Wildman–Crippen MR) is 139 cm³/mol. The first-order valence-electron chi connectivity index (χ1n) is 12.3. The number of rotatable bonds is 10. The number of benzene rings is 2. The number of amides is 2. The second-order valence-corrected chi connectivity index (χ2v) is 10.4. The molecule has 1 fully saturated rings. The second kappa shape index (κ2) is 12.7. The van der Waals surface area contributed by atoms with Crippen molar-refractivity contribution in [3.8, 4) is 0 Å². The molecule has 1 atom stereocenters. The van der Waals surface area contributed by atoms with Crippen LogP contribution in [0.1, 0.15) is 64.5 Å². The predicted octanol–water partition coefficient (Wildman–Crippen LogP) is 3.51. The molecular formula is C27H32N4O4S. The van der Waals surface area contributed by atoms with Gasteiger partial charge in [0.25, 0.3) is 5.91 Å². The largest absolute Gasteiger partial charge is 0.394 e. The van der Waals surface area contributed by atoms with E-state index in [-0.39, 0.29) is 25.0 Å². The van der Waals surface area contributed by atoms with E-state index in [0.29, 0.717) is 35.4 Å². The smallest absolute Gasteiger partial charge is 0.257 e. The quantitative estimate of drug-likeness (QED) is 0.332. The fraction of sp³-hybridized carbons (Fsp3) is 0.407. The number of hydrogen-bond donors (Lipinski definition) is 4. The minimum Gasteiger partial charge on any atom is -0.394 e. The molecule has 4 rings (SSSR count). The molecular weight excluding hydrogens is 476 g/mol. The normalized spacial score (nSPS) is 18.4. The summed E-state index contributed by atoms with van der Waals surface area (Å²) in [6.45, 7) is -0.276. The number of aliphatic hydroxyl groups excluding tert-OH is 2. The van der Waals surface area contributed by atoms with E-state index in [1.165, 1.54) is 16.9 Å². The number of carbonyl (C=O) groups is 2. The van der Waals surface area contributed by atoms with Crippen LogP contribution in [0.5, 0.6) is 0 Å². The molecule has 1 aliphatic carbocycles. The SMILES string of the molecule is O=C(C[C@H]1CC[C@H](c2ccc(C(=O)Nc3nnc(Cc4ccccc4)s3)cc2)CC1)NCC(O)CO. The number of anilines is 1. The molecule has 190 valence electrons. The number of nitrogens with zero attached hydrogens (tertiary/aromatic N) is 2. The van der Waals surface area contributed by atoms with E-state index in [2.05, 4.69) is 20.8 Å². The number of nitrogens with one attached hydrogen (secondary N) is 2. The number of hydrogen-bond acceptors (Lipinski definition) is 7. The molecule has 1 saturated carbocycles. The standard InChI is InChI=1S/C27H32N4O4S/c32-17-23(33)16-28-24(34)14-19-6-8-20(9-7-19)21-10-12-22(13-11-21)26(35)29-27-31-30-25(36-27)15-18-4-2-1-3-5-18/h1-5,10-13,19-20,23,32-33H,6-9,14-17H2,(H,28,34)(H,29,31,35)/t19-,20-,23?. The van der Waals surface area contributed by atoms with Crippen molar-refractivity contribution in [2.45, 2.75) is 50.5 Å². The Bertz CT molecular complexity index is 1130. The summed E-state index contributed by atoms with van der Waals surface area (Å²) in [7, 11) is 0. The molecule has 0 saturated heterocycles. The van der Waals surface area contributed by atoms with E-state index in [9.17, 15) is 14.7 Å². The van der Waals surface area contributed by atoms with Crippen LogP contribution in [0, 0.1) is 5.92 Å². The summed E-state index contributed by atoms with van der Waals surface area (Å²) >= 11 is 1.38. The third-order valence-electron chi connectivity index (χ3n) is 6.60. The van der Waals surface area contributed by atoms with Gasteiger partial charge in [-0.3, -0.25) is 14.9 Å². The maximum Gasteiger partial charge on any atom is 0.257 e. The Hall–Kier alpha value is -3.14. The molecule has 1 aliphatic rings. The Labute approximate surface area is 214 Å². The van der Waals surface area contributed by atoms with Gasteiger partial charge >= 0.3 is 0 Å². The third kappa shape index (κ3) is 7.43. The lowest BCUT2D eigenvalue weighted by Crippen LogP contribution is -2.35. The molecule has 1 unspecified atom stereocenters. The summed E-state index contributed by atoms with van der Waals surface area (Å²) in [6.07, 6.45) is 4.14. The Kier molecular flexibility index (Phi) is 9.16.